The number of rotatable bonds is 4. The molecule has 0 unspecified atom stereocenters. The number of hydrogen-bond donors (Lipinski definition) is 6. The molecule has 1 saturated heterocycles. The predicted octanol–water partition coefficient (Wildman–Crippen LogP) is -2.96. The minimum absolute atomic E-state index is 0.624. The number of nitrogens with one attached hydrogen (secondary N) is 1. The standard InChI is InChI=1S/C8H16NO9P/c1-3(11)9-5-7(13)6(12)4(2-10)17-8(5)18-19(14,15)16/h4-8,10,12-13H,2H2,1H3,(H,9,11)(H2,14,15,16)/t4-,5-,6-,7-,8+/m1/s1. The molecule has 11 heteroatoms. The summed E-state index contributed by atoms with van der Waals surface area (Å²) in [4.78, 5) is 28.4. The second-order valence-corrected chi connectivity index (χ2v) is 5.22. The van der Waals surface area contributed by atoms with Gasteiger partial charge in [0.25, 0.3) is 0 Å². The molecule has 1 heterocycles. The second-order valence-electron chi connectivity index (χ2n) is 4.03. The number of hydrogen-bond acceptors (Lipinski definition) is 7. The van der Waals surface area contributed by atoms with Crippen molar-refractivity contribution in [3.05, 3.63) is 0 Å². The van der Waals surface area contributed by atoms with E-state index in [-0.39, 0.29) is 0 Å². The van der Waals surface area contributed by atoms with Gasteiger partial charge in [-0.3, -0.25) is 9.32 Å². The lowest BCUT2D eigenvalue weighted by Gasteiger charge is -2.41. The zero-order valence-electron chi connectivity index (χ0n) is 9.91. The highest BCUT2D eigenvalue weighted by atomic mass is 31.2. The van der Waals surface area contributed by atoms with E-state index in [2.05, 4.69) is 9.84 Å². The molecule has 0 aromatic carbocycles. The first kappa shape index (κ1) is 16.5. The molecule has 1 fully saturated rings. The van der Waals surface area contributed by atoms with E-state index in [0.29, 0.717) is 0 Å². The molecule has 6 N–H and O–H groups in total. The topological polar surface area (TPSA) is 166 Å². The van der Waals surface area contributed by atoms with Crippen LogP contribution in [0.5, 0.6) is 0 Å². The molecule has 5 atom stereocenters. The molecule has 19 heavy (non-hydrogen) atoms. The number of phosphoric ester groups is 1. The monoisotopic (exact) mass is 301 g/mol. The lowest BCUT2D eigenvalue weighted by atomic mass is 9.97. The van der Waals surface area contributed by atoms with Crippen LogP contribution in [0.1, 0.15) is 6.92 Å². The molecule has 0 aliphatic carbocycles. The van der Waals surface area contributed by atoms with Gasteiger partial charge in [0.15, 0.2) is 6.29 Å². The van der Waals surface area contributed by atoms with E-state index < -0.39 is 51.0 Å². The zero-order valence-corrected chi connectivity index (χ0v) is 10.8. The first-order valence-corrected chi connectivity index (χ1v) is 6.82. The summed E-state index contributed by atoms with van der Waals surface area (Å²) >= 11 is 0. The van der Waals surface area contributed by atoms with Crippen LogP contribution in [0.4, 0.5) is 0 Å². The Labute approximate surface area is 108 Å². The van der Waals surface area contributed by atoms with Gasteiger partial charge in [-0.05, 0) is 0 Å². The Hall–Kier alpha value is -0.580. The van der Waals surface area contributed by atoms with Crippen molar-refractivity contribution in [2.24, 2.45) is 0 Å². The lowest BCUT2D eigenvalue weighted by Crippen LogP contribution is -2.64. The van der Waals surface area contributed by atoms with Crippen molar-refractivity contribution in [1.29, 1.82) is 0 Å². The van der Waals surface area contributed by atoms with Crippen LogP contribution in [-0.4, -0.2) is 68.3 Å². The summed E-state index contributed by atoms with van der Waals surface area (Å²) in [6.07, 6.45) is -6.17. The minimum atomic E-state index is -4.95. The second kappa shape index (κ2) is 6.25. The molecule has 1 amide bonds. The molecule has 0 aromatic heterocycles. The highest BCUT2D eigenvalue weighted by Crippen LogP contribution is 2.40. The summed E-state index contributed by atoms with van der Waals surface area (Å²) in [7, 11) is -4.95. The molecular weight excluding hydrogens is 285 g/mol. The van der Waals surface area contributed by atoms with E-state index in [1.54, 1.807) is 0 Å². The van der Waals surface area contributed by atoms with E-state index in [1.807, 2.05) is 0 Å². The molecule has 0 saturated carbocycles. The minimum Gasteiger partial charge on any atom is -0.394 e. The summed E-state index contributed by atoms with van der Waals surface area (Å²) in [6.45, 7) is 0.401. The molecule has 1 rings (SSSR count). The highest BCUT2D eigenvalue weighted by Gasteiger charge is 2.47. The maximum Gasteiger partial charge on any atom is 0.472 e. The molecule has 1 aliphatic heterocycles. The largest absolute Gasteiger partial charge is 0.472 e. The average Bonchev–Trinajstić information content (AvgIpc) is 2.26. The summed E-state index contributed by atoms with van der Waals surface area (Å²) in [5.41, 5.74) is 0. The van der Waals surface area contributed by atoms with Crippen LogP contribution < -0.4 is 5.32 Å². The first-order chi connectivity index (χ1) is 8.65. The summed E-state index contributed by atoms with van der Waals surface area (Å²) in [5.74, 6) is -0.624. The summed E-state index contributed by atoms with van der Waals surface area (Å²) in [6, 6.07) is -1.39. The number of ether oxygens (including phenoxy) is 1. The molecule has 1 aliphatic rings. The summed E-state index contributed by atoms with van der Waals surface area (Å²) < 4.78 is 20.0. The van der Waals surface area contributed by atoms with Crippen molar-refractivity contribution in [2.45, 2.75) is 37.6 Å². The van der Waals surface area contributed by atoms with Crippen LogP contribution in [-0.2, 0) is 18.6 Å². The number of aliphatic hydroxyl groups excluding tert-OH is 3. The van der Waals surface area contributed by atoms with Gasteiger partial charge in [0.1, 0.15) is 24.4 Å². The highest BCUT2D eigenvalue weighted by molar-refractivity contribution is 7.46. The van der Waals surface area contributed by atoms with Crippen molar-refractivity contribution in [3.8, 4) is 0 Å². The maximum atomic E-state index is 11.0. The Morgan fingerprint density at radius 3 is 2.37 bits per heavy atom. The van der Waals surface area contributed by atoms with Crippen molar-refractivity contribution < 1.29 is 43.7 Å². The molecule has 0 bridgehead atoms. The number of aliphatic hydroxyl groups is 3. The van der Waals surface area contributed by atoms with E-state index in [0.717, 1.165) is 6.92 Å². The third kappa shape index (κ3) is 4.48. The van der Waals surface area contributed by atoms with Crippen molar-refractivity contribution in [2.75, 3.05) is 6.61 Å². The Morgan fingerprint density at radius 2 is 1.95 bits per heavy atom. The fourth-order valence-corrected chi connectivity index (χ4v) is 2.15. The first-order valence-electron chi connectivity index (χ1n) is 5.29. The van der Waals surface area contributed by atoms with Gasteiger partial charge in [0.2, 0.25) is 5.91 Å². The predicted molar refractivity (Wildman–Crippen MR) is 58.5 cm³/mol. The van der Waals surface area contributed by atoms with Gasteiger partial charge in [0, 0.05) is 6.92 Å². The van der Waals surface area contributed by atoms with Crippen molar-refractivity contribution >= 4 is 13.7 Å². The van der Waals surface area contributed by atoms with Crippen LogP contribution >= 0.6 is 7.82 Å². The third-order valence-corrected chi connectivity index (χ3v) is 2.97. The number of carbonyl (C=O) groups excluding carboxylic acids is 1. The van der Waals surface area contributed by atoms with Gasteiger partial charge < -0.3 is 35.2 Å². The number of phosphoric acid groups is 1. The Bertz CT molecular complexity index is 371. The zero-order chi connectivity index (χ0) is 14.8. The van der Waals surface area contributed by atoms with Crippen LogP contribution in [0.3, 0.4) is 0 Å². The third-order valence-electron chi connectivity index (χ3n) is 2.49. The van der Waals surface area contributed by atoms with Gasteiger partial charge in [-0.15, -0.1) is 0 Å². The van der Waals surface area contributed by atoms with Crippen molar-refractivity contribution in [1.82, 2.24) is 5.32 Å². The van der Waals surface area contributed by atoms with Gasteiger partial charge in [-0.1, -0.05) is 0 Å². The fraction of sp³-hybridized carbons (Fsp3) is 0.875. The van der Waals surface area contributed by atoms with Gasteiger partial charge in [0.05, 0.1) is 6.61 Å². The van der Waals surface area contributed by atoms with Crippen LogP contribution in [0.2, 0.25) is 0 Å². The van der Waals surface area contributed by atoms with Gasteiger partial charge >= 0.3 is 7.82 Å². The molecule has 0 aromatic rings. The Balaban J connectivity index is 2.92. The van der Waals surface area contributed by atoms with E-state index in [1.165, 1.54) is 0 Å². The molecular formula is C8H16NO9P. The average molecular weight is 301 g/mol. The van der Waals surface area contributed by atoms with Crippen LogP contribution in [0.15, 0.2) is 0 Å². The SMILES string of the molecule is CC(=O)N[C@H]1[C@H](OP(=O)(O)O)O[C@H](CO)[C@@H](O)[C@@H]1O. The van der Waals surface area contributed by atoms with E-state index in [9.17, 15) is 19.6 Å². The molecule has 10 nitrogen and oxygen atoms in total. The normalized spacial score (nSPS) is 36.0. The number of amides is 1. The quantitative estimate of drug-likeness (QED) is 0.297. The van der Waals surface area contributed by atoms with E-state index in [4.69, 9.17) is 19.6 Å². The molecule has 112 valence electrons. The van der Waals surface area contributed by atoms with Crippen molar-refractivity contribution in [3.63, 3.8) is 0 Å². The summed E-state index contributed by atoms with van der Waals surface area (Å²) in [5, 5.41) is 30.5. The smallest absolute Gasteiger partial charge is 0.394 e. The van der Waals surface area contributed by atoms with Gasteiger partial charge in [-0.2, -0.15) is 0 Å². The maximum absolute atomic E-state index is 11.0. The van der Waals surface area contributed by atoms with Crippen LogP contribution in [0, 0.1) is 0 Å². The molecule has 0 radical (unpaired) electrons. The Morgan fingerprint density at radius 1 is 1.37 bits per heavy atom. The fourth-order valence-electron chi connectivity index (χ4n) is 1.70. The number of carbonyl (C=O) groups is 1. The lowest BCUT2D eigenvalue weighted by molar-refractivity contribution is -0.248. The molecule has 0 spiro atoms. The van der Waals surface area contributed by atoms with E-state index >= 15 is 0 Å². The van der Waals surface area contributed by atoms with Crippen LogP contribution in [0.25, 0.3) is 0 Å². The van der Waals surface area contributed by atoms with Gasteiger partial charge in [-0.25, -0.2) is 4.57 Å². The Kier molecular flexibility index (Phi) is 5.42.